The quantitative estimate of drug-likeness (QED) is 0.313. The summed E-state index contributed by atoms with van der Waals surface area (Å²) < 4.78 is 5.59. The molecule has 0 saturated carbocycles. The Morgan fingerprint density at radius 3 is 2.52 bits per heavy atom. The lowest BCUT2D eigenvalue weighted by molar-refractivity contribution is -0.0387. The predicted octanol–water partition coefficient (Wildman–Crippen LogP) is 7.41. The highest BCUT2D eigenvalue weighted by molar-refractivity contribution is 6.08. The van der Waals surface area contributed by atoms with Crippen LogP contribution in [0.5, 0.6) is 0 Å². The fraction of sp³-hybridized carbons (Fsp3) is 0.357. The Balaban J connectivity index is 0.000000192. The Morgan fingerprint density at radius 2 is 1.79 bits per heavy atom. The van der Waals surface area contributed by atoms with Crippen LogP contribution >= 0.6 is 0 Å². The van der Waals surface area contributed by atoms with Crippen LogP contribution in [0, 0.1) is 5.92 Å². The molecule has 2 aliphatic rings. The maximum absolute atomic E-state index is 5.59. The largest absolute Gasteiger partial charge is 0.368 e. The van der Waals surface area contributed by atoms with Crippen LogP contribution in [0.25, 0.3) is 21.5 Å². The average molecular weight is 385 g/mol. The number of benzene rings is 3. The van der Waals surface area contributed by atoms with Gasteiger partial charge in [-0.05, 0) is 85.0 Å². The van der Waals surface area contributed by atoms with E-state index in [-0.39, 0.29) is 5.60 Å². The molecule has 1 heterocycles. The second kappa shape index (κ2) is 8.16. The van der Waals surface area contributed by atoms with E-state index in [0.717, 1.165) is 12.8 Å². The number of ether oxygens (including phenoxy) is 1. The topological polar surface area (TPSA) is 9.23 Å². The van der Waals surface area contributed by atoms with Crippen molar-refractivity contribution in [1.82, 2.24) is 0 Å². The van der Waals surface area contributed by atoms with Crippen LogP contribution in [0.1, 0.15) is 44.7 Å². The fourth-order valence-electron chi connectivity index (χ4n) is 4.75. The van der Waals surface area contributed by atoms with Gasteiger partial charge in [0.1, 0.15) is 0 Å². The molecule has 0 amide bonds. The summed E-state index contributed by atoms with van der Waals surface area (Å²) in [6, 6.07) is 17.9. The van der Waals surface area contributed by atoms with Gasteiger partial charge in [0.15, 0.2) is 0 Å². The molecule has 1 heteroatoms. The minimum atomic E-state index is -0.0301. The minimum Gasteiger partial charge on any atom is -0.368 e. The SMILES string of the molecule is C=CC1CCc2c(ccc3c2ccc2ccccc23)C1.CC1CC=CC(C)(C)O1. The van der Waals surface area contributed by atoms with E-state index in [1.807, 2.05) is 0 Å². The summed E-state index contributed by atoms with van der Waals surface area (Å²) >= 11 is 0. The van der Waals surface area contributed by atoms with Crippen LogP contribution < -0.4 is 0 Å². The first-order valence-corrected chi connectivity index (χ1v) is 10.9. The first-order valence-electron chi connectivity index (χ1n) is 10.9. The zero-order valence-electron chi connectivity index (χ0n) is 17.9. The number of fused-ring (bicyclic) bond motifs is 5. The van der Waals surface area contributed by atoms with E-state index in [9.17, 15) is 0 Å². The van der Waals surface area contributed by atoms with Crippen molar-refractivity contribution in [3.05, 3.63) is 84.5 Å². The van der Waals surface area contributed by atoms with Crippen LogP contribution in [-0.4, -0.2) is 11.7 Å². The van der Waals surface area contributed by atoms with Gasteiger partial charge in [0, 0.05) is 0 Å². The normalized spacial score (nSPS) is 22.6. The molecule has 1 nitrogen and oxygen atoms in total. The van der Waals surface area contributed by atoms with Crippen molar-refractivity contribution >= 4 is 21.5 Å². The number of allylic oxidation sites excluding steroid dienone is 1. The molecular formula is C28H32O. The molecule has 5 rings (SSSR count). The standard InChI is InChI=1S/C20H18.C8H14O/c1-2-14-7-10-18-16(13-14)9-12-19-17-6-4-3-5-15(17)8-11-20(18)19;1-7-5-4-6-8(2,3)9-7/h2-6,8-9,11-12,14H,1,7,10,13H2;4,6-7H,5H2,1-3H3. The number of hydrogen-bond donors (Lipinski definition) is 0. The molecule has 0 fully saturated rings. The van der Waals surface area contributed by atoms with Gasteiger partial charge in [-0.1, -0.05) is 66.8 Å². The van der Waals surface area contributed by atoms with Crippen molar-refractivity contribution in [3.63, 3.8) is 0 Å². The van der Waals surface area contributed by atoms with Gasteiger partial charge in [0.2, 0.25) is 0 Å². The molecule has 3 aromatic carbocycles. The Kier molecular flexibility index (Phi) is 5.61. The first-order chi connectivity index (χ1) is 14.0. The van der Waals surface area contributed by atoms with Gasteiger partial charge in [-0.25, -0.2) is 0 Å². The summed E-state index contributed by atoms with van der Waals surface area (Å²) in [6.07, 6.45) is 11.5. The summed E-state index contributed by atoms with van der Waals surface area (Å²) in [6.45, 7) is 10.2. The van der Waals surface area contributed by atoms with E-state index in [4.69, 9.17) is 4.74 Å². The van der Waals surface area contributed by atoms with Gasteiger partial charge in [-0.3, -0.25) is 0 Å². The Morgan fingerprint density at radius 1 is 1.00 bits per heavy atom. The third-order valence-corrected chi connectivity index (χ3v) is 6.21. The highest BCUT2D eigenvalue weighted by Crippen LogP contribution is 2.35. The Hall–Kier alpha value is -2.38. The van der Waals surface area contributed by atoms with Crippen molar-refractivity contribution in [3.8, 4) is 0 Å². The van der Waals surface area contributed by atoms with Gasteiger partial charge in [-0.15, -0.1) is 6.58 Å². The van der Waals surface area contributed by atoms with E-state index in [1.165, 1.54) is 39.9 Å². The monoisotopic (exact) mass is 384 g/mol. The predicted molar refractivity (Wildman–Crippen MR) is 126 cm³/mol. The lowest BCUT2D eigenvalue weighted by atomic mass is 9.81. The molecule has 1 aliphatic heterocycles. The summed E-state index contributed by atoms with van der Waals surface area (Å²) in [5.74, 6) is 0.653. The van der Waals surface area contributed by atoms with Crippen molar-refractivity contribution in [1.29, 1.82) is 0 Å². The fourth-order valence-corrected chi connectivity index (χ4v) is 4.75. The van der Waals surface area contributed by atoms with Gasteiger partial charge in [0.25, 0.3) is 0 Å². The third-order valence-electron chi connectivity index (χ3n) is 6.21. The van der Waals surface area contributed by atoms with Crippen molar-refractivity contribution in [2.24, 2.45) is 5.92 Å². The molecule has 0 aromatic heterocycles. The molecular weight excluding hydrogens is 352 g/mol. The van der Waals surface area contributed by atoms with Crippen LogP contribution in [-0.2, 0) is 17.6 Å². The highest BCUT2D eigenvalue weighted by Gasteiger charge is 2.20. The van der Waals surface area contributed by atoms with Crippen molar-refractivity contribution in [2.75, 3.05) is 0 Å². The van der Waals surface area contributed by atoms with E-state index in [2.05, 4.69) is 94.1 Å². The summed E-state index contributed by atoms with van der Waals surface area (Å²) in [7, 11) is 0. The van der Waals surface area contributed by atoms with Crippen LogP contribution in [0.2, 0.25) is 0 Å². The molecule has 3 aromatic rings. The lowest BCUT2D eigenvalue weighted by Gasteiger charge is -2.29. The van der Waals surface area contributed by atoms with E-state index < -0.39 is 0 Å². The van der Waals surface area contributed by atoms with E-state index in [1.54, 1.807) is 5.56 Å². The molecule has 0 spiro atoms. The summed E-state index contributed by atoms with van der Waals surface area (Å²) in [5.41, 5.74) is 3.05. The van der Waals surface area contributed by atoms with Gasteiger partial charge >= 0.3 is 0 Å². The zero-order chi connectivity index (χ0) is 20.4. The maximum Gasteiger partial charge on any atom is 0.0810 e. The molecule has 29 heavy (non-hydrogen) atoms. The second-order valence-electron chi connectivity index (χ2n) is 8.99. The lowest BCUT2D eigenvalue weighted by Crippen LogP contribution is -2.29. The molecule has 0 bridgehead atoms. The van der Waals surface area contributed by atoms with Crippen molar-refractivity contribution in [2.45, 2.75) is 58.2 Å². The molecule has 2 atom stereocenters. The minimum absolute atomic E-state index is 0.0301. The molecule has 0 saturated heterocycles. The van der Waals surface area contributed by atoms with Gasteiger partial charge < -0.3 is 4.74 Å². The Labute approximate surface area is 175 Å². The van der Waals surface area contributed by atoms with Crippen LogP contribution in [0.3, 0.4) is 0 Å². The maximum atomic E-state index is 5.59. The van der Waals surface area contributed by atoms with Gasteiger partial charge in [0.05, 0.1) is 11.7 Å². The molecule has 0 N–H and O–H groups in total. The summed E-state index contributed by atoms with van der Waals surface area (Å²) in [5, 5.41) is 5.56. The second-order valence-corrected chi connectivity index (χ2v) is 8.99. The zero-order valence-corrected chi connectivity index (χ0v) is 17.9. The average Bonchev–Trinajstić information content (AvgIpc) is 2.72. The first kappa shape index (κ1) is 19.9. The number of aryl methyl sites for hydroxylation is 1. The number of rotatable bonds is 1. The highest BCUT2D eigenvalue weighted by atomic mass is 16.5. The Bertz CT molecular complexity index is 1060. The molecule has 1 aliphatic carbocycles. The molecule has 2 unspecified atom stereocenters. The van der Waals surface area contributed by atoms with Gasteiger partial charge in [-0.2, -0.15) is 0 Å². The number of hydrogen-bond acceptors (Lipinski definition) is 1. The van der Waals surface area contributed by atoms with Crippen molar-refractivity contribution < 1.29 is 4.74 Å². The van der Waals surface area contributed by atoms with E-state index in [0.29, 0.717) is 12.0 Å². The molecule has 0 radical (unpaired) electrons. The van der Waals surface area contributed by atoms with Crippen LogP contribution in [0.15, 0.2) is 73.3 Å². The van der Waals surface area contributed by atoms with Crippen LogP contribution in [0.4, 0.5) is 0 Å². The summed E-state index contributed by atoms with van der Waals surface area (Å²) in [4.78, 5) is 0. The third kappa shape index (κ3) is 4.31. The molecule has 150 valence electrons. The smallest absolute Gasteiger partial charge is 0.0810 e. The van der Waals surface area contributed by atoms with E-state index >= 15 is 0 Å².